The van der Waals surface area contributed by atoms with Gasteiger partial charge in [0.15, 0.2) is 0 Å². The zero-order chi connectivity index (χ0) is 13.4. The molecule has 18 heavy (non-hydrogen) atoms. The van der Waals surface area contributed by atoms with Gasteiger partial charge in [-0.25, -0.2) is 4.39 Å². The van der Waals surface area contributed by atoms with Crippen LogP contribution in [0.25, 0.3) is 0 Å². The van der Waals surface area contributed by atoms with Crippen LogP contribution in [0.3, 0.4) is 0 Å². The van der Waals surface area contributed by atoms with Crippen LogP contribution in [-0.4, -0.2) is 25.6 Å². The van der Waals surface area contributed by atoms with E-state index in [1.54, 1.807) is 6.07 Å². The van der Waals surface area contributed by atoms with Crippen molar-refractivity contribution >= 4 is 5.91 Å². The number of rotatable bonds is 7. The minimum atomic E-state index is -0.353. The van der Waals surface area contributed by atoms with Crippen molar-refractivity contribution in [1.82, 2.24) is 5.32 Å². The highest BCUT2D eigenvalue weighted by atomic mass is 19.1. The first-order valence-electron chi connectivity index (χ1n) is 6.04. The monoisotopic (exact) mass is 254 g/mol. The molecular formula is C13H19FN2O2. The van der Waals surface area contributed by atoms with Crippen LogP contribution in [-0.2, 0) is 11.2 Å². The summed E-state index contributed by atoms with van der Waals surface area (Å²) in [5.74, 6) is 0.00722. The zero-order valence-electron chi connectivity index (χ0n) is 10.5. The topological polar surface area (TPSA) is 64.3 Å². The Labute approximate surface area is 106 Å². The average Bonchev–Trinajstić information content (AvgIpc) is 2.29. The third-order valence-corrected chi connectivity index (χ3v) is 2.34. The van der Waals surface area contributed by atoms with Crippen molar-refractivity contribution in [2.75, 3.05) is 19.7 Å². The standard InChI is InChI=1S/C13H19FN2O2/c1-2-16-13(17)4-6-18-12-8-10(3-5-15)7-11(14)9-12/h7-9H,2-6,15H2,1H3,(H,16,17). The minimum Gasteiger partial charge on any atom is -0.493 e. The Bertz CT molecular complexity index is 397. The van der Waals surface area contributed by atoms with Crippen molar-refractivity contribution in [1.29, 1.82) is 0 Å². The number of benzene rings is 1. The minimum absolute atomic E-state index is 0.0731. The van der Waals surface area contributed by atoms with Gasteiger partial charge in [-0.1, -0.05) is 0 Å². The first kappa shape index (κ1) is 14.4. The van der Waals surface area contributed by atoms with Crippen molar-refractivity contribution in [3.8, 4) is 5.75 Å². The molecule has 0 saturated carbocycles. The van der Waals surface area contributed by atoms with Crippen LogP contribution < -0.4 is 15.8 Å². The lowest BCUT2D eigenvalue weighted by Crippen LogP contribution is -2.24. The summed E-state index contributed by atoms with van der Waals surface area (Å²) in [6.45, 7) is 3.14. The number of carbonyl (C=O) groups excluding carboxylic acids is 1. The maximum absolute atomic E-state index is 13.3. The normalized spacial score (nSPS) is 10.2. The van der Waals surface area contributed by atoms with Crippen LogP contribution in [0.15, 0.2) is 18.2 Å². The van der Waals surface area contributed by atoms with Gasteiger partial charge in [-0.2, -0.15) is 0 Å². The van der Waals surface area contributed by atoms with E-state index in [0.717, 1.165) is 5.56 Å². The summed E-state index contributed by atoms with van der Waals surface area (Å²) in [5, 5.41) is 2.67. The number of ether oxygens (including phenoxy) is 1. The summed E-state index contributed by atoms with van der Waals surface area (Å²) in [5.41, 5.74) is 6.21. The van der Waals surface area contributed by atoms with Gasteiger partial charge in [0.05, 0.1) is 13.0 Å². The van der Waals surface area contributed by atoms with Crippen LogP contribution in [0.2, 0.25) is 0 Å². The molecule has 3 N–H and O–H groups in total. The van der Waals surface area contributed by atoms with Gasteiger partial charge >= 0.3 is 0 Å². The molecule has 0 bridgehead atoms. The third kappa shape index (κ3) is 5.14. The number of carbonyl (C=O) groups is 1. The van der Waals surface area contributed by atoms with Gasteiger partial charge in [-0.3, -0.25) is 4.79 Å². The molecule has 1 rings (SSSR count). The molecule has 0 saturated heterocycles. The molecule has 0 unspecified atom stereocenters. The van der Waals surface area contributed by atoms with Crippen molar-refractivity contribution in [2.45, 2.75) is 19.8 Å². The van der Waals surface area contributed by atoms with Crippen molar-refractivity contribution in [2.24, 2.45) is 5.73 Å². The highest BCUT2D eigenvalue weighted by molar-refractivity contribution is 5.75. The summed E-state index contributed by atoms with van der Waals surface area (Å²) in [4.78, 5) is 11.2. The average molecular weight is 254 g/mol. The molecule has 1 aromatic rings. The molecule has 0 aliphatic carbocycles. The quantitative estimate of drug-likeness (QED) is 0.769. The van der Waals surface area contributed by atoms with Gasteiger partial charge in [0.2, 0.25) is 5.91 Å². The Hall–Kier alpha value is -1.62. The van der Waals surface area contributed by atoms with Crippen molar-refractivity contribution < 1.29 is 13.9 Å². The summed E-state index contributed by atoms with van der Waals surface area (Å²) >= 11 is 0. The largest absolute Gasteiger partial charge is 0.493 e. The SMILES string of the molecule is CCNC(=O)CCOc1cc(F)cc(CCN)c1. The van der Waals surface area contributed by atoms with Gasteiger partial charge < -0.3 is 15.8 Å². The molecule has 1 aromatic carbocycles. The van der Waals surface area contributed by atoms with E-state index >= 15 is 0 Å². The molecule has 5 heteroatoms. The highest BCUT2D eigenvalue weighted by Crippen LogP contribution is 2.16. The number of nitrogens with two attached hydrogens (primary N) is 1. The van der Waals surface area contributed by atoms with Crippen molar-refractivity contribution in [3.05, 3.63) is 29.6 Å². The fourth-order valence-electron chi connectivity index (χ4n) is 1.56. The maximum atomic E-state index is 13.3. The lowest BCUT2D eigenvalue weighted by molar-refractivity contribution is -0.121. The Balaban J connectivity index is 2.48. The molecule has 0 aliphatic rings. The fraction of sp³-hybridized carbons (Fsp3) is 0.462. The molecule has 0 heterocycles. The molecule has 0 aliphatic heterocycles. The third-order valence-electron chi connectivity index (χ3n) is 2.34. The summed E-state index contributed by atoms with van der Waals surface area (Å²) in [6.07, 6.45) is 0.862. The Morgan fingerprint density at radius 3 is 2.89 bits per heavy atom. The van der Waals surface area contributed by atoms with Crippen LogP contribution >= 0.6 is 0 Å². The smallest absolute Gasteiger partial charge is 0.223 e. The Morgan fingerprint density at radius 2 is 2.22 bits per heavy atom. The fourth-order valence-corrected chi connectivity index (χ4v) is 1.56. The molecule has 0 spiro atoms. The van der Waals surface area contributed by atoms with Crippen molar-refractivity contribution in [3.63, 3.8) is 0 Å². The molecule has 0 radical (unpaired) electrons. The predicted molar refractivity (Wildman–Crippen MR) is 68.0 cm³/mol. The summed E-state index contributed by atoms with van der Waals surface area (Å²) in [7, 11) is 0. The molecule has 100 valence electrons. The van der Waals surface area contributed by atoms with E-state index < -0.39 is 0 Å². The lowest BCUT2D eigenvalue weighted by atomic mass is 10.1. The first-order valence-corrected chi connectivity index (χ1v) is 6.04. The van der Waals surface area contributed by atoms with E-state index in [4.69, 9.17) is 10.5 Å². The zero-order valence-corrected chi connectivity index (χ0v) is 10.5. The first-order chi connectivity index (χ1) is 8.65. The van der Waals surface area contributed by atoms with Gasteiger partial charge in [0.1, 0.15) is 11.6 Å². The van der Waals surface area contributed by atoms with Gasteiger partial charge in [-0.15, -0.1) is 0 Å². The van der Waals surface area contributed by atoms with Crippen LogP contribution in [0.5, 0.6) is 5.75 Å². The van der Waals surface area contributed by atoms with Gasteiger partial charge in [-0.05, 0) is 37.6 Å². The summed E-state index contributed by atoms with van der Waals surface area (Å²) in [6, 6.07) is 4.48. The van der Waals surface area contributed by atoms with Crippen LogP contribution in [0, 0.1) is 5.82 Å². The second kappa shape index (κ2) is 7.66. The summed E-state index contributed by atoms with van der Waals surface area (Å²) < 4.78 is 18.6. The number of nitrogens with one attached hydrogen (secondary N) is 1. The van der Waals surface area contributed by atoms with Gasteiger partial charge in [0.25, 0.3) is 0 Å². The molecular weight excluding hydrogens is 235 g/mol. The number of halogens is 1. The predicted octanol–water partition coefficient (Wildman–Crippen LogP) is 1.23. The molecule has 0 fully saturated rings. The van der Waals surface area contributed by atoms with E-state index in [2.05, 4.69) is 5.32 Å². The van der Waals surface area contributed by atoms with E-state index in [1.165, 1.54) is 12.1 Å². The molecule has 4 nitrogen and oxygen atoms in total. The van der Waals surface area contributed by atoms with Crippen LogP contribution in [0.4, 0.5) is 4.39 Å². The number of hydrogen-bond donors (Lipinski definition) is 2. The molecule has 0 aromatic heterocycles. The van der Waals surface area contributed by atoms with Crippen LogP contribution in [0.1, 0.15) is 18.9 Å². The number of amides is 1. The second-order valence-corrected chi connectivity index (χ2v) is 3.89. The van der Waals surface area contributed by atoms with E-state index in [1.807, 2.05) is 6.92 Å². The molecule has 0 atom stereocenters. The van der Waals surface area contributed by atoms with E-state index in [9.17, 15) is 9.18 Å². The second-order valence-electron chi connectivity index (χ2n) is 3.89. The maximum Gasteiger partial charge on any atom is 0.223 e. The lowest BCUT2D eigenvalue weighted by Gasteiger charge is -2.08. The van der Waals surface area contributed by atoms with E-state index in [-0.39, 0.29) is 24.8 Å². The molecule has 1 amide bonds. The van der Waals surface area contributed by atoms with E-state index in [0.29, 0.717) is 25.3 Å². The number of hydrogen-bond acceptors (Lipinski definition) is 3. The van der Waals surface area contributed by atoms with Gasteiger partial charge in [0, 0.05) is 12.6 Å². The Kier molecular flexibility index (Phi) is 6.14. The highest BCUT2D eigenvalue weighted by Gasteiger charge is 2.03. The Morgan fingerprint density at radius 1 is 1.44 bits per heavy atom.